The summed E-state index contributed by atoms with van der Waals surface area (Å²) in [5.74, 6) is -20.5. The van der Waals surface area contributed by atoms with Crippen molar-refractivity contribution in [3.05, 3.63) is 29.8 Å². The van der Waals surface area contributed by atoms with E-state index in [0.717, 1.165) is 0 Å². The first-order chi connectivity index (χ1) is 45.7. The van der Waals surface area contributed by atoms with Gasteiger partial charge in [0.15, 0.2) is 0 Å². The third-order valence-corrected chi connectivity index (χ3v) is 14.6. The summed E-state index contributed by atoms with van der Waals surface area (Å²) in [7, 11) is 0. The maximum Gasteiger partial charge on any atom is 0.328 e. The molecule has 12 atom stereocenters. The Morgan fingerprint density at radius 1 is 0.439 bits per heavy atom. The van der Waals surface area contributed by atoms with Gasteiger partial charge in [-0.05, 0) is 80.9 Å². The smallest absolute Gasteiger partial charge is 0.328 e. The van der Waals surface area contributed by atoms with E-state index < -0.39 is 237 Å². The lowest BCUT2D eigenvalue weighted by Gasteiger charge is -2.29. The van der Waals surface area contributed by atoms with Gasteiger partial charge in [0.25, 0.3) is 0 Å². The van der Waals surface area contributed by atoms with Gasteiger partial charge in [-0.25, -0.2) is 4.79 Å². The molecular weight excluding hydrogens is 1290 g/mol. The molecule has 1 aromatic carbocycles. The van der Waals surface area contributed by atoms with Crippen LogP contribution in [0.4, 0.5) is 0 Å². The van der Waals surface area contributed by atoms with Crippen LogP contribution in [0.2, 0.25) is 0 Å². The van der Waals surface area contributed by atoms with Crippen LogP contribution in [0.5, 0.6) is 5.75 Å². The van der Waals surface area contributed by atoms with Crippen LogP contribution >= 0.6 is 0 Å². The van der Waals surface area contributed by atoms with E-state index in [1.165, 1.54) is 52.0 Å². The number of primary amides is 1. The van der Waals surface area contributed by atoms with Gasteiger partial charge in [-0.3, -0.25) is 76.7 Å². The molecule has 0 saturated heterocycles. The van der Waals surface area contributed by atoms with Gasteiger partial charge in [0.05, 0.1) is 38.7 Å². The van der Waals surface area contributed by atoms with E-state index in [4.69, 9.17) is 11.5 Å². The fourth-order valence-electron chi connectivity index (χ4n) is 8.98. The zero-order valence-electron chi connectivity index (χ0n) is 56.5. The van der Waals surface area contributed by atoms with E-state index in [-0.39, 0.29) is 43.3 Å². The molecule has 0 fully saturated rings. The largest absolute Gasteiger partial charge is 0.508 e. The highest BCUT2D eigenvalue weighted by Crippen LogP contribution is 2.16. The van der Waals surface area contributed by atoms with Crippen LogP contribution in [0.25, 0.3) is 0 Å². The molecule has 98 heavy (non-hydrogen) atoms. The van der Waals surface area contributed by atoms with Crippen LogP contribution in [0, 0.1) is 23.7 Å². The molecule has 14 amide bonds. The number of carbonyl (C=O) groups excluding carboxylic acids is 14. The summed E-state index contributed by atoms with van der Waals surface area (Å²) in [6.45, 7) is 12.4. The maximum absolute atomic E-state index is 14.5. The standard InChI is InChI=1S/C61H97N15O22/c1-11-31(8)50(75-46(82)25-64-44(80)24-66-53(89)38(20-28(2)3)70-54(90)36(17-19-47(83)84)68-45(81)26-65-52(88)33(10)67-51(87)32(9)62)60(96)73-40(22-34-12-14-35(78)15-13-34)56(92)69-37(16-18-43(63)79)55(91)72-41(23-48(85)86)57(93)71-39(21-29(4)5)58(94)76-49(30(6)7)59(95)74-42(27-77)61(97)98/h12-15,28-33,36-42,49-50,77-78H,11,16-27,62H2,1-10H3,(H2,63,79)(H,64,80)(H,65,88)(H,66,89)(H,67,87)(H,68,81)(H,69,92)(H,70,90)(H,71,93)(H,72,91)(H,73,96)(H,74,95)(H,75,82)(H,76,94)(H,83,84)(H,85,86)(H,97,98)/t31-,32-,33-,36-,37-,38-,39-,40-,41-,42-,49-,50-/m0/s1. The molecule has 37 nitrogen and oxygen atoms in total. The average molecular weight is 1390 g/mol. The van der Waals surface area contributed by atoms with Crippen molar-refractivity contribution >= 4 is 101 Å². The van der Waals surface area contributed by atoms with E-state index in [0.29, 0.717) is 5.56 Å². The molecule has 37 heteroatoms. The predicted molar refractivity (Wildman–Crippen MR) is 345 cm³/mol. The highest BCUT2D eigenvalue weighted by Gasteiger charge is 2.37. The third kappa shape index (κ3) is 33.1. The molecule has 0 unspecified atom stereocenters. The predicted octanol–water partition coefficient (Wildman–Crippen LogP) is -6.03. The first kappa shape index (κ1) is 85.9. The SMILES string of the molecule is CC[C@H](C)[C@H](NC(=O)CNC(=O)CNC(=O)[C@H](CC(C)C)NC(=O)[C@H](CCC(=O)O)NC(=O)CNC(=O)[C@H](C)NC(=O)[C@H](C)N)C(=O)N[C@@H](Cc1ccc(O)cc1)C(=O)N[C@@H](CCC(N)=O)C(=O)N[C@@H](CC(=O)O)C(=O)N[C@@H](CC(C)C)C(=O)N[C@H](C(=O)N[C@@H](CO)C(=O)O)C(C)C. The number of hydrogen-bond acceptors (Lipinski definition) is 20. The van der Waals surface area contributed by atoms with E-state index in [1.54, 1.807) is 41.5 Å². The van der Waals surface area contributed by atoms with Gasteiger partial charge in [-0.1, -0.05) is 73.9 Å². The number of phenols is 1. The maximum atomic E-state index is 14.5. The van der Waals surface area contributed by atoms with Crippen LogP contribution in [0.15, 0.2) is 24.3 Å². The van der Waals surface area contributed by atoms with E-state index in [2.05, 4.69) is 69.1 Å². The topological polar surface area (TPSA) is 600 Å². The number of carboxylic acids is 3. The van der Waals surface area contributed by atoms with Crippen molar-refractivity contribution in [3.63, 3.8) is 0 Å². The zero-order valence-corrected chi connectivity index (χ0v) is 56.5. The second kappa shape index (κ2) is 43.2. The Labute approximate surface area is 565 Å². The van der Waals surface area contributed by atoms with Crippen molar-refractivity contribution in [2.45, 2.75) is 193 Å². The molecule has 0 aliphatic carbocycles. The van der Waals surface area contributed by atoms with Crippen LogP contribution in [-0.2, 0) is 87.9 Å². The highest BCUT2D eigenvalue weighted by atomic mass is 16.4. The van der Waals surface area contributed by atoms with Gasteiger partial charge in [-0.2, -0.15) is 0 Å². The number of carbonyl (C=O) groups is 17. The van der Waals surface area contributed by atoms with E-state index >= 15 is 0 Å². The van der Waals surface area contributed by atoms with Crippen molar-refractivity contribution in [2.24, 2.45) is 35.1 Å². The normalized spacial score (nSPS) is 14.7. The molecule has 0 aromatic heterocycles. The van der Waals surface area contributed by atoms with Crippen molar-refractivity contribution in [1.29, 1.82) is 0 Å². The van der Waals surface area contributed by atoms with E-state index in [9.17, 15) is 107 Å². The molecule has 22 N–H and O–H groups in total. The van der Waals surface area contributed by atoms with Crippen molar-refractivity contribution in [2.75, 3.05) is 26.2 Å². The Kier molecular flexibility index (Phi) is 37.9. The zero-order chi connectivity index (χ0) is 74.8. The molecule has 0 radical (unpaired) electrons. The Bertz CT molecular complexity index is 2980. The molecule has 0 bridgehead atoms. The summed E-state index contributed by atoms with van der Waals surface area (Å²) < 4.78 is 0. The van der Waals surface area contributed by atoms with Crippen molar-refractivity contribution in [3.8, 4) is 5.75 Å². The van der Waals surface area contributed by atoms with Gasteiger partial charge < -0.3 is 106 Å². The summed E-state index contributed by atoms with van der Waals surface area (Å²) >= 11 is 0. The Balaban J connectivity index is 3.42. The summed E-state index contributed by atoms with van der Waals surface area (Å²) in [5, 5.41) is 78.6. The number of carboxylic acid groups (broad SMARTS) is 3. The average Bonchev–Trinajstić information content (AvgIpc) is 0.894. The molecule has 1 aromatic rings. The number of aromatic hydroxyl groups is 1. The minimum atomic E-state index is -2.00. The summed E-state index contributed by atoms with van der Waals surface area (Å²) in [6.07, 6.45) is -3.69. The quantitative estimate of drug-likeness (QED) is 0.0289. The fraction of sp³-hybridized carbons (Fsp3) is 0.623. The second-order valence-corrected chi connectivity index (χ2v) is 24.6. The lowest BCUT2D eigenvalue weighted by atomic mass is 9.97. The van der Waals surface area contributed by atoms with Gasteiger partial charge >= 0.3 is 17.9 Å². The molecule has 0 spiro atoms. The number of benzene rings is 1. The molecule has 0 aliphatic heterocycles. The Morgan fingerprint density at radius 3 is 1.38 bits per heavy atom. The van der Waals surface area contributed by atoms with Gasteiger partial charge in [0, 0.05) is 19.3 Å². The van der Waals surface area contributed by atoms with Crippen LogP contribution < -0.4 is 80.6 Å². The first-order valence-corrected chi connectivity index (χ1v) is 31.6. The van der Waals surface area contributed by atoms with Crippen molar-refractivity contribution < 1.29 is 107 Å². The minimum Gasteiger partial charge on any atom is -0.508 e. The molecular formula is C61H97N15O22. The Hall–Kier alpha value is -10.1. The number of aliphatic hydroxyl groups is 1. The number of aliphatic hydroxyl groups excluding tert-OH is 1. The third-order valence-electron chi connectivity index (χ3n) is 14.6. The number of phenolic OH excluding ortho intramolecular Hbond substituents is 1. The number of nitrogens with one attached hydrogen (secondary N) is 13. The first-order valence-electron chi connectivity index (χ1n) is 31.6. The van der Waals surface area contributed by atoms with Gasteiger partial charge in [0.2, 0.25) is 82.7 Å². The second-order valence-electron chi connectivity index (χ2n) is 24.6. The number of rotatable bonds is 45. The van der Waals surface area contributed by atoms with Crippen molar-refractivity contribution in [1.82, 2.24) is 69.1 Å². The molecule has 0 saturated carbocycles. The molecule has 0 heterocycles. The highest BCUT2D eigenvalue weighted by molar-refractivity contribution is 6.00. The molecule has 1 rings (SSSR count). The number of aliphatic carboxylic acids is 3. The summed E-state index contributed by atoms with van der Waals surface area (Å²) in [6, 6.07) is -11.3. The number of nitrogens with two attached hydrogens (primary N) is 2. The van der Waals surface area contributed by atoms with Crippen LogP contribution in [-0.4, -0.2) is 219 Å². The molecule has 548 valence electrons. The Morgan fingerprint density at radius 2 is 0.878 bits per heavy atom. The summed E-state index contributed by atoms with van der Waals surface area (Å²) in [4.78, 5) is 222. The van der Waals surface area contributed by atoms with E-state index in [1.807, 2.05) is 0 Å². The lowest BCUT2D eigenvalue weighted by molar-refractivity contribution is -0.143. The van der Waals surface area contributed by atoms with Crippen LogP contribution in [0.1, 0.15) is 126 Å². The number of hydrogen-bond donors (Lipinski definition) is 20. The summed E-state index contributed by atoms with van der Waals surface area (Å²) in [5.41, 5.74) is 11.2. The number of amides is 14. The van der Waals surface area contributed by atoms with Gasteiger partial charge in [-0.15, -0.1) is 0 Å². The molecule has 0 aliphatic rings. The minimum absolute atomic E-state index is 0.0369. The fourth-order valence-corrected chi connectivity index (χ4v) is 8.98. The monoisotopic (exact) mass is 1390 g/mol. The van der Waals surface area contributed by atoms with Crippen LogP contribution in [0.3, 0.4) is 0 Å². The lowest BCUT2D eigenvalue weighted by Crippen LogP contribution is -2.61. The van der Waals surface area contributed by atoms with Gasteiger partial charge in [0.1, 0.15) is 66.2 Å².